The van der Waals surface area contributed by atoms with Gasteiger partial charge in [-0.2, -0.15) is 0 Å². The summed E-state index contributed by atoms with van der Waals surface area (Å²) >= 11 is 0. The van der Waals surface area contributed by atoms with Gasteiger partial charge in [-0.3, -0.25) is 0 Å². The Morgan fingerprint density at radius 3 is 2.60 bits per heavy atom. The highest BCUT2D eigenvalue weighted by Crippen LogP contribution is 2.44. The second-order valence-electron chi connectivity index (χ2n) is 5.26. The molecular weight excluding hydrogens is 186 g/mol. The molecule has 0 spiro atoms. The molecule has 2 unspecified atom stereocenters. The number of allylic oxidation sites excluding steroid dienone is 2. The highest BCUT2D eigenvalue weighted by Gasteiger charge is 2.42. The summed E-state index contributed by atoms with van der Waals surface area (Å²) in [6.45, 7) is 0.661. The predicted molar refractivity (Wildman–Crippen MR) is 62.4 cm³/mol. The molecule has 2 nitrogen and oxygen atoms in total. The summed E-state index contributed by atoms with van der Waals surface area (Å²) in [6.07, 6.45) is 12.3. The fourth-order valence-corrected chi connectivity index (χ4v) is 3.30. The first-order valence-electron chi connectivity index (χ1n) is 6.32. The van der Waals surface area contributed by atoms with E-state index in [1.165, 1.54) is 12.8 Å². The standard InChI is InChI=1S/C13H23NO/c14-10-13(8-4-5-9-13)12(15)11-6-2-1-3-7-11/h1-2,11-12,15H,3-10,14H2. The van der Waals surface area contributed by atoms with E-state index in [0.29, 0.717) is 12.5 Å². The summed E-state index contributed by atoms with van der Waals surface area (Å²) < 4.78 is 0. The van der Waals surface area contributed by atoms with Crippen molar-refractivity contribution < 1.29 is 5.11 Å². The van der Waals surface area contributed by atoms with Gasteiger partial charge in [0.25, 0.3) is 0 Å². The van der Waals surface area contributed by atoms with Gasteiger partial charge in [0.15, 0.2) is 0 Å². The van der Waals surface area contributed by atoms with Crippen molar-refractivity contribution in [3.63, 3.8) is 0 Å². The second kappa shape index (κ2) is 4.67. The van der Waals surface area contributed by atoms with Gasteiger partial charge in [-0.15, -0.1) is 0 Å². The van der Waals surface area contributed by atoms with Crippen molar-refractivity contribution in [2.24, 2.45) is 17.1 Å². The number of aliphatic hydroxyl groups excluding tert-OH is 1. The zero-order chi connectivity index (χ0) is 10.7. The lowest BCUT2D eigenvalue weighted by molar-refractivity contribution is -0.0144. The van der Waals surface area contributed by atoms with Crippen molar-refractivity contribution in [2.45, 2.75) is 51.0 Å². The predicted octanol–water partition coefficient (Wildman–Crippen LogP) is 2.22. The first kappa shape index (κ1) is 11.2. The van der Waals surface area contributed by atoms with Gasteiger partial charge in [0.1, 0.15) is 0 Å². The van der Waals surface area contributed by atoms with E-state index in [2.05, 4.69) is 12.2 Å². The van der Waals surface area contributed by atoms with Crippen LogP contribution in [0.3, 0.4) is 0 Å². The van der Waals surface area contributed by atoms with Crippen LogP contribution in [0.4, 0.5) is 0 Å². The maximum atomic E-state index is 10.5. The minimum absolute atomic E-state index is 0.0514. The molecule has 0 aliphatic heterocycles. The maximum Gasteiger partial charge on any atom is 0.0639 e. The Hall–Kier alpha value is -0.340. The normalized spacial score (nSPS) is 31.7. The van der Waals surface area contributed by atoms with E-state index in [-0.39, 0.29) is 11.5 Å². The molecule has 2 atom stereocenters. The highest BCUT2D eigenvalue weighted by atomic mass is 16.3. The van der Waals surface area contributed by atoms with Crippen LogP contribution in [0.15, 0.2) is 12.2 Å². The van der Waals surface area contributed by atoms with Crippen LogP contribution in [0.2, 0.25) is 0 Å². The lowest BCUT2D eigenvalue weighted by atomic mass is 9.72. The quantitative estimate of drug-likeness (QED) is 0.700. The molecule has 1 fully saturated rings. The first-order valence-corrected chi connectivity index (χ1v) is 6.32. The largest absolute Gasteiger partial charge is 0.392 e. The smallest absolute Gasteiger partial charge is 0.0639 e. The van der Waals surface area contributed by atoms with Gasteiger partial charge in [0.2, 0.25) is 0 Å². The molecule has 0 saturated heterocycles. The number of hydrogen-bond donors (Lipinski definition) is 2. The van der Waals surface area contributed by atoms with E-state index in [9.17, 15) is 5.11 Å². The highest BCUT2D eigenvalue weighted by molar-refractivity contribution is 4.99. The number of aliphatic hydroxyl groups is 1. The molecule has 15 heavy (non-hydrogen) atoms. The van der Waals surface area contributed by atoms with E-state index in [1.807, 2.05) is 0 Å². The fraction of sp³-hybridized carbons (Fsp3) is 0.846. The van der Waals surface area contributed by atoms with E-state index in [4.69, 9.17) is 5.73 Å². The maximum absolute atomic E-state index is 10.5. The van der Waals surface area contributed by atoms with Crippen molar-refractivity contribution in [3.05, 3.63) is 12.2 Å². The van der Waals surface area contributed by atoms with Gasteiger partial charge >= 0.3 is 0 Å². The Bertz CT molecular complexity index is 231. The molecule has 2 aliphatic carbocycles. The molecule has 0 aromatic rings. The average Bonchev–Trinajstić information content (AvgIpc) is 2.79. The first-order chi connectivity index (χ1) is 7.28. The van der Waals surface area contributed by atoms with Crippen molar-refractivity contribution in [3.8, 4) is 0 Å². The molecule has 0 aromatic heterocycles. The monoisotopic (exact) mass is 209 g/mol. The molecule has 0 aromatic carbocycles. The lowest BCUT2D eigenvalue weighted by Crippen LogP contribution is -2.44. The molecule has 86 valence electrons. The molecule has 0 heterocycles. The molecule has 0 bridgehead atoms. The van der Waals surface area contributed by atoms with Crippen LogP contribution in [0, 0.1) is 11.3 Å². The molecule has 1 saturated carbocycles. The van der Waals surface area contributed by atoms with Crippen molar-refractivity contribution in [2.75, 3.05) is 6.54 Å². The molecule has 0 amide bonds. The lowest BCUT2D eigenvalue weighted by Gasteiger charge is -2.38. The van der Waals surface area contributed by atoms with Crippen LogP contribution >= 0.6 is 0 Å². The van der Waals surface area contributed by atoms with Crippen molar-refractivity contribution >= 4 is 0 Å². The fourth-order valence-electron chi connectivity index (χ4n) is 3.30. The van der Waals surface area contributed by atoms with Crippen molar-refractivity contribution in [1.82, 2.24) is 0 Å². The Morgan fingerprint density at radius 1 is 1.33 bits per heavy atom. The zero-order valence-corrected chi connectivity index (χ0v) is 9.49. The Balaban J connectivity index is 2.03. The summed E-state index contributed by atoms with van der Waals surface area (Å²) in [5.74, 6) is 0.455. The van der Waals surface area contributed by atoms with Crippen molar-refractivity contribution in [1.29, 1.82) is 0 Å². The summed E-state index contributed by atoms with van der Waals surface area (Å²) in [4.78, 5) is 0. The molecule has 3 N–H and O–H groups in total. The van der Waals surface area contributed by atoms with Crippen LogP contribution in [0.1, 0.15) is 44.9 Å². The Morgan fingerprint density at radius 2 is 2.07 bits per heavy atom. The number of rotatable bonds is 3. The molecular formula is C13H23NO. The van der Waals surface area contributed by atoms with Crippen LogP contribution in [0.25, 0.3) is 0 Å². The summed E-state index contributed by atoms with van der Waals surface area (Å²) in [5.41, 5.74) is 5.95. The van der Waals surface area contributed by atoms with Crippen LogP contribution in [-0.4, -0.2) is 17.8 Å². The van der Waals surface area contributed by atoms with E-state index < -0.39 is 0 Å². The zero-order valence-electron chi connectivity index (χ0n) is 9.49. The number of nitrogens with two attached hydrogens (primary N) is 1. The van der Waals surface area contributed by atoms with Gasteiger partial charge < -0.3 is 10.8 Å². The summed E-state index contributed by atoms with van der Waals surface area (Å²) in [6, 6.07) is 0. The Kier molecular flexibility index (Phi) is 3.47. The summed E-state index contributed by atoms with van der Waals surface area (Å²) in [5, 5.41) is 10.5. The van der Waals surface area contributed by atoms with Gasteiger partial charge in [-0.25, -0.2) is 0 Å². The SMILES string of the molecule is NCC1(C(O)C2CC=CCC2)CCCC1. The molecule has 2 rings (SSSR count). The van der Waals surface area contributed by atoms with Crippen LogP contribution in [-0.2, 0) is 0 Å². The molecule has 2 aliphatic rings. The van der Waals surface area contributed by atoms with Gasteiger partial charge in [-0.1, -0.05) is 25.0 Å². The minimum Gasteiger partial charge on any atom is -0.392 e. The van der Waals surface area contributed by atoms with E-state index in [0.717, 1.165) is 32.1 Å². The third-order valence-corrected chi connectivity index (χ3v) is 4.39. The summed E-state index contributed by atoms with van der Waals surface area (Å²) in [7, 11) is 0. The minimum atomic E-state index is -0.171. The van der Waals surface area contributed by atoms with Gasteiger partial charge in [-0.05, 0) is 38.0 Å². The van der Waals surface area contributed by atoms with Crippen LogP contribution < -0.4 is 5.73 Å². The third-order valence-electron chi connectivity index (χ3n) is 4.39. The van der Waals surface area contributed by atoms with Gasteiger partial charge in [0, 0.05) is 12.0 Å². The third kappa shape index (κ3) is 2.11. The Labute approximate surface area is 92.6 Å². The molecule has 2 heteroatoms. The number of hydrogen-bond acceptors (Lipinski definition) is 2. The van der Waals surface area contributed by atoms with E-state index >= 15 is 0 Å². The average molecular weight is 209 g/mol. The topological polar surface area (TPSA) is 46.2 Å². The van der Waals surface area contributed by atoms with Gasteiger partial charge in [0.05, 0.1) is 6.10 Å². The van der Waals surface area contributed by atoms with Crippen LogP contribution in [0.5, 0.6) is 0 Å². The van der Waals surface area contributed by atoms with E-state index in [1.54, 1.807) is 0 Å². The molecule has 0 radical (unpaired) electrons. The second-order valence-corrected chi connectivity index (χ2v) is 5.26.